The zero-order valence-electron chi connectivity index (χ0n) is 7.96. The van der Waals surface area contributed by atoms with Crippen molar-refractivity contribution in [2.24, 2.45) is 0 Å². The molecule has 0 amide bonds. The molecule has 2 heterocycles. The topological polar surface area (TPSA) is 21.3 Å². The van der Waals surface area contributed by atoms with Crippen molar-refractivity contribution in [3.8, 4) is 0 Å². The van der Waals surface area contributed by atoms with E-state index in [2.05, 4.69) is 5.32 Å². The first kappa shape index (κ1) is 10.4. The normalized spacial score (nSPS) is 22.5. The van der Waals surface area contributed by atoms with E-state index in [0.29, 0.717) is 12.7 Å². The molecule has 2 rings (SSSR count). The minimum Gasteiger partial charge on any atom is -0.371 e. The van der Waals surface area contributed by atoms with Crippen LogP contribution in [0.3, 0.4) is 0 Å². The van der Waals surface area contributed by atoms with Crippen molar-refractivity contribution in [1.82, 2.24) is 5.32 Å². The van der Waals surface area contributed by atoms with Crippen molar-refractivity contribution in [3.05, 3.63) is 21.3 Å². The molecule has 1 aromatic heterocycles. The van der Waals surface area contributed by atoms with Gasteiger partial charge in [0.2, 0.25) is 0 Å². The Kier molecular flexibility index (Phi) is 3.81. The summed E-state index contributed by atoms with van der Waals surface area (Å²) in [6.45, 7) is 2.76. The molecule has 1 saturated heterocycles. The Labute approximate surface area is 93.2 Å². The molecule has 78 valence electrons. The second-order valence-electron chi connectivity index (χ2n) is 3.47. The van der Waals surface area contributed by atoms with E-state index in [4.69, 9.17) is 16.3 Å². The van der Waals surface area contributed by atoms with E-state index >= 15 is 0 Å². The van der Waals surface area contributed by atoms with Crippen LogP contribution < -0.4 is 5.32 Å². The number of nitrogens with one attached hydrogen (secondary N) is 1. The number of rotatable bonds is 3. The Hall–Kier alpha value is -0.0900. The molecular weight excluding hydrogens is 218 g/mol. The average Bonchev–Trinajstić information content (AvgIpc) is 2.63. The van der Waals surface area contributed by atoms with E-state index in [-0.39, 0.29) is 0 Å². The van der Waals surface area contributed by atoms with Gasteiger partial charge in [0.1, 0.15) is 0 Å². The number of halogens is 1. The van der Waals surface area contributed by atoms with Crippen LogP contribution in [0.1, 0.15) is 17.7 Å². The largest absolute Gasteiger partial charge is 0.371 e. The van der Waals surface area contributed by atoms with Gasteiger partial charge in [-0.15, -0.1) is 11.3 Å². The zero-order chi connectivity index (χ0) is 9.80. The van der Waals surface area contributed by atoms with E-state index in [0.717, 1.165) is 29.4 Å². The fraction of sp³-hybridized carbons (Fsp3) is 0.600. The Bertz CT molecular complexity index is 283. The van der Waals surface area contributed by atoms with Gasteiger partial charge in [0.05, 0.1) is 17.7 Å². The first-order chi connectivity index (χ1) is 6.86. The zero-order valence-corrected chi connectivity index (χ0v) is 9.53. The van der Waals surface area contributed by atoms with Crippen molar-refractivity contribution in [1.29, 1.82) is 0 Å². The van der Waals surface area contributed by atoms with Crippen LogP contribution in [0.5, 0.6) is 0 Å². The van der Waals surface area contributed by atoms with E-state index in [1.54, 1.807) is 11.3 Å². The highest BCUT2D eigenvalue weighted by Gasteiger charge is 2.13. The predicted molar refractivity (Wildman–Crippen MR) is 60.0 cm³/mol. The maximum Gasteiger partial charge on any atom is 0.0828 e. The van der Waals surface area contributed by atoms with Gasteiger partial charge in [-0.25, -0.2) is 0 Å². The van der Waals surface area contributed by atoms with Gasteiger partial charge in [-0.1, -0.05) is 11.6 Å². The van der Waals surface area contributed by atoms with Gasteiger partial charge in [-0.05, 0) is 30.8 Å². The molecule has 2 nitrogen and oxygen atoms in total. The van der Waals surface area contributed by atoms with Gasteiger partial charge in [-0.2, -0.15) is 0 Å². The van der Waals surface area contributed by atoms with Crippen molar-refractivity contribution in [2.45, 2.75) is 25.6 Å². The molecule has 1 N–H and O–H groups in total. The Balaban J connectivity index is 1.79. The fourth-order valence-electron chi connectivity index (χ4n) is 1.58. The molecule has 0 radical (unpaired) electrons. The summed E-state index contributed by atoms with van der Waals surface area (Å²) in [6, 6.07) is 1.92. The molecule has 1 aliphatic rings. The third kappa shape index (κ3) is 2.70. The fourth-order valence-corrected chi connectivity index (χ4v) is 2.59. The van der Waals surface area contributed by atoms with Crippen LogP contribution in [-0.2, 0) is 11.3 Å². The number of thiophene rings is 1. The minimum atomic E-state index is 0.363. The molecular formula is C10H14ClNOS. The van der Waals surface area contributed by atoms with E-state index in [1.807, 2.05) is 11.4 Å². The molecule has 0 spiro atoms. The first-order valence-electron chi connectivity index (χ1n) is 4.90. The van der Waals surface area contributed by atoms with E-state index in [9.17, 15) is 0 Å². The summed E-state index contributed by atoms with van der Waals surface area (Å²) in [5, 5.41) is 6.16. The van der Waals surface area contributed by atoms with Crippen LogP contribution in [0, 0.1) is 0 Å². The molecule has 0 bridgehead atoms. The molecule has 1 aromatic rings. The lowest BCUT2D eigenvalue weighted by Gasteiger charge is -2.22. The number of ether oxygens (including phenoxy) is 1. The van der Waals surface area contributed by atoms with E-state index < -0.39 is 0 Å². The number of hydrogen-bond acceptors (Lipinski definition) is 3. The number of piperidine rings is 1. The monoisotopic (exact) mass is 231 g/mol. The minimum absolute atomic E-state index is 0.363. The quantitative estimate of drug-likeness (QED) is 0.864. The lowest BCUT2D eigenvalue weighted by molar-refractivity contribution is 0.0267. The molecule has 4 heteroatoms. The smallest absolute Gasteiger partial charge is 0.0828 e. The van der Waals surface area contributed by atoms with Gasteiger partial charge >= 0.3 is 0 Å². The second-order valence-corrected chi connectivity index (χ2v) is 4.88. The number of hydrogen-bond donors (Lipinski definition) is 1. The van der Waals surface area contributed by atoms with Crippen LogP contribution >= 0.6 is 22.9 Å². The summed E-state index contributed by atoms with van der Waals surface area (Å²) in [4.78, 5) is 1.14. The van der Waals surface area contributed by atoms with Crippen molar-refractivity contribution < 1.29 is 4.74 Å². The van der Waals surface area contributed by atoms with Gasteiger partial charge < -0.3 is 10.1 Å². The van der Waals surface area contributed by atoms with Crippen molar-refractivity contribution >= 4 is 22.9 Å². The van der Waals surface area contributed by atoms with Gasteiger partial charge in [0, 0.05) is 11.4 Å². The van der Waals surface area contributed by atoms with Gasteiger partial charge in [-0.3, -0.25) is 0 Å². The summed E-state index contributed by atoms with van der Waals surface area (Å²) in [7, 11) is 0. The summed E-state index contributed by atoms with van der Waals surface area (Å²) in [5.41, 5.74) is 0. The molecule has 1 unspecified atom stereocenters. The molecule has 1 fully saturated rings. The Morgan fingerprint density at radius 1 is 1.64 bits per heavy atom. The lowest BCUT2D eigenvalue weighted by atomic mass is 10.1. The summed E-state index contributed by atoms with van der Waals surface area (Å²) < 4.78 is 5.77. The molecule has 1 aliphatic heterocycles. The van der Waals surface area contributed by atoms with Crippen LogP contribution in [0.25, 0.3) is 0 Å². The highest BCUT2D eigenvalue weighted by atomic mass is 35.5. The maximum atomic E-state index is 5.97. The van der Waals surface area contributed by atoms with E-state index in [1.165, 1.54) is 6.42 Å². The Morgan fingerprint density at radius 3 is 3.21 bits per heavy atom. The molecule has 0 aromatic carbocycles. The van der Waals surface area contributed by atoms with Crippen LogP contribution in [0.4, 0.5) is 0 Å². The predicted octanol–water partition coefficient (Wildman–Crippen LogP) is 2.67. The molecule has 0 saturated carbocycles. The van der Waals surface area contributed by atoms with Crippen LogP contribution in [0.2, 0.25) is 5.02 Å². The van der Waals surface area contributed by atoms with Crippen LogP contribution in [0.15, 0.2) is 11.4 Å². The summed E-state index contributed by atoms with van der Waals surface area (Å²) in [6.07, 6.45) is 2.74. The molecule has 14 heavy (non-hydrogen) atoms. The third-order valence-corrected chi connectivity index (χ3v) is 3.75. The third-order valence-electron chi connectivity index (χ3n) is 2.39. The molecule has 1 atom stereocenters. The highest BCUT2D eigenvalue weighted by molar-refractivity contribution is 7.10. The lowest BCUT2D eigenvalue weighted by Crippen LogP contribution is -2.35. The maximum absolute atomic E-state index is 5.97. The van der Waals surface area contributed by atoms with Crippen molar-refractivity contribution in [3.63, 3.8) is 0 Å². The SMILES string of the molecule is Clc1ccsc1COC1CCCNC1. The van der Waals surface area contributed by atoms with Gasteiger partial charge in [0.25, 0.3) is 0 Å². The summed E-state index contributed by atoms with van der Waals surface area (Å²) >= 11 is 7.63. The molecule has 0 aliphatic carbocycles. The Morgan fingerprint density at radius 2 is 2.57 bits per heavy atom. The standard InChI is InChI=1S/C10H14ClNOS/c11-9-3-5-14-10(9)7-13-8-2-1-4-12-6-8/h3,5,8,12H,1-2,4,6-7H2. The highest BCUT2D eigenvalue weighted by Crippen LogP contribution is 2.23. The average molecular weight is 232 g/mol. The van der Waals surface area contributed by atoms with Crippen LogP contribution in [-0.4, -0.2) is 19.2 Å². The summed E-state index contributed by atoms with van der Waals surface area (Å²) in [5.74, 6) is 0. The first-order valence-corrected chi connectivity index (χ1v) is 6.16. The second kappa shape index (κ2) is 5.12. The van der Waals surface area contributed by atoms with Crippen molar-refractivity contribution in [2.75, 3.05) is 13.1 Å². The van der Waals surface area contributed by atoms with Gasteiger partial charge in [0.15, 0.2) is 0 Å².